The highest BCUT2D eigenvalue weighted by Gasteiger charge is 2.22. The Hall–Kier alpha value is -4.43. The third-order valence-electron chi connectivity index (χ3n) is 5.63. The number of rotatable bonds is 11. The Labute approximate surface area is 260 Å². The molecular weight excluding hydrogens is 613 g/mol. The average molecular weight is 643 g/mol. The summed E-state index contributed by atoms with van der Waals surface area (Å²) in [4.78, 5) is 37.5. The summed E-state index contributed by atoms with van der Waals surface area (Å²) in [6, 6.07) is 9.22. The van der Waals surface area contributed by atoms with E-state index in [1.54, 1.807) is 39.0 Å². The van der Waals surface area contributed by atoms with E-state index in [1.165, 1.54) is 23.6 Å². The van der Waals surface area contributed by atoms with Gasteiger partial charge in [-0.25, -0.2) is 32.9 Å². The number of amides is 2. The van der Waals surface area contributed by atoms with Gasteiger partial charge in [-0.3, -0.25) is 10.1 Å². The van der Waals surface area contributed by atoms with Crippen molar-refractivity contribution in [3.63, 3.8) is 0 Å². The van der Waals surface area contributed by atoms with Crippen LogP contribution in [0.3, 0.4) is 0 Å². The first kappa shape index (κ1) is 32.5. The molecule has 9 nitrogen and oxygen atoms in total. The summed E-state index contributed by atoms with van der Waals surface area (Å²) in [5.41, 5.74) is 0.212. The molecule has 0 radical (unpaired) electrons. The molecule has 0 saturated carbocycles. The number of halogens is 3. The maximum Gasteiger partial charge on any atom is 0.407 e. The first-order chi connectivity index (χ1) is 20.9. The summed E-state index contributed by atoms with van der Waals surface area (Å²) in [5, 5.41) is 5.85. The van der Waals surface area contributed by atoms with Crippen LogP contribution in [0.5, 0.6) is 0 Å². The number of benzene rings is 2. The minimum Gasteiger partial charge on any atom is -0.444 e. The van der Waals surface area contributed by atoms with Gasteiger partial charge in [-0.15, -0.1) is 11.3 Å². The van der Waals surface area contributed by atoms with Crippen molar-refractivity contribution in [3.05, 3.63) is 83.8 Å². The van der Waals surface area contributed by atoms with E-state index in [2.05, 4.69) is 31.9 Å². The predicted molar refractivity (Wildman–Crippen MR) is 166 cm³/mol. The molecule has 2 aromatic carbocycles. The van der Waals surface area contributed by atoms with E-state index in [0.29, 0.717) is 35.0 Å². The van der Waals surface area contributed by atoms with Crippen LogP contribution in [-0.4, -0.2) is 39.1 Å². The van der Waals surface area contributed by atoms with Gasteiger partial charge in [0, 0.05) is 24.7 Å². The summed E-state index contributed by atoms with van der Waals surface area (Å²) >= 11 is 2.01. The fourth-order valence-corrected chi connectivity index (χ4v) is 5.54. The molecule has 3 N–H and O–H groups in total. The van der Waals surface area contributed by atoms with E-state index in [0.717, 1.165) is 36.2 Å². The van der Waals surface area contributed by atoms with Crippen molar-refractivity contribution < 1.29 is 27.5 Å². The number of carbonyl (C=O) groups is 2. The molecule has 2 heterocycles. The number of carbonyl (C=O) groups excluding carboxylic acids is 2. The molecular formula is C30H29F3N6O3S2. The minimum atomic E-state index is -0.671. The molecule has 0 saturated heterocycles. The summed E-state index contributed by atoms with van der Waals surface area (Å²) in [6.45, 7) is 9.06. The predicted octanol–water partition coefficient (Wildman–Crippen LogP) is 7.39. The van der Waals surface area contributed by atoms with Crippen molar-refractivity contribution in [2.75, 3.05) is 16.6 Å². The number of alkyl carbamates (subject to hydrolysis) is 1. The quantitative estimate of drug-likeness (QED) is 0.0881. The Balaban J connectivity index is 1.63. The molecule has 4 rings (SSSR count). The Morgan fingerprint density at radius 3 is 2.66 bits per heavy atom. The molecule has 0 aliphatic heterocycles. The first-order valence-corrected chi connectivity index (χ1v) is 15.0. The molecule has 0 fully saturated rings. The second kappa shape index (κ2) is 14.4. The molecule has 2 aromatic heterocycles. The zero-order chi connectivity index (χ0) is 31.9. The zero-order valence-corrected chi connectivity index (χ0v) is 25.7. The Morgan fingerprint density at radius 2 is 1.91 bits per heavy atom. The number of hydrogen-bond donors (Lipinski definition) is 3. The molecule has 0 aliphatic carbocycles. The number of ether oxygens (including phenoxy) is 1. The second-order valence-corrected chi connectivity index (χ2v) is 12.2. The number of nitrogens with zero attached hydrogens (tertiary/aromatic N) is 3. The lowest BCUT2D eigenvalue weighted by atomic mass is 10.1. The Bertz CT molecular complexity index is 1680. The molecule has 230 valence electrons. The van der Waals surface area contributed by atoms with Gasteiger partial charge in [0.2, 0.25) is 11.9 Å². The maximum absolute atomic E-state index is 15.9. The number of nitrogens with one attached hydrogen (secondary N) is 3. The Kier molecular flexibility index (Phi) is 10.6. The fourth-order valence-electron chi connectivity index (χ4n) is 3.74. The van der Waals surface area contributed by atoms with Crippen molar-refractivity contribution in [2.45, 2.75) is 44.1 Å². The standard InChI is InChI=1S/C30H29F3N6O3S2/c1-5-23(40)37-28-34-15-13-21(36-28)27-26(38-24(43-27)10-7-14-35-29(41)42-30(2,3)4)18-8-6-9-20(25(18)33)39-44-22-16-17(31)11-12-19(22)32/h5-6,8-9,11-13,15-16,39H,1,7,10,14H2,2-4H3,(H,35,41)(H,34,36,37,40). The monoisotopic (exact) mass is 642 g/mol. The van der Waals surface area contributed by atoms with Crippen LogP contribution in [0.15, 0.2) is 66.2 Å². The van der Waals surface area contributed by atoms with Crippen LogP contribution in [0.1, 0.15) is 32.2 Å². The maximum atomic E-state index is 15.9. The average Bonchev–Trinajstić information content (AvgIpc) is 3.39. The molecule has 14 heteroatoms. The van der Waals surface area contributed by atoms with Crippen molar-refractivity contribution in [1.29, 1.82) is 0 Å². The first-order valence-electron chi connectivity index (χ1n) is 13.3. The molecule has 0 atom stereocenters. The molecule has 44 heavy (non-hydrogen) atoms. The highest BCUT2D eigenvalue weighted by molar-refractivity contribution is 8.00. The van der Waals surface area contributed by atoms with Crippen molar-refractivity contribution >= 4 is 46.9 Å². The van der Waals surface area contributed by atoms with Crippen LogP contribution < -0.4 is 15.4 Å². The van der Waals surface area contributed by atoms with Gasteiger partial charge in [-0.05, 0) is 81.6 Å². The highest BCUT2D eigenvalue weighted by Crippen LogP contribution is 2.39. The largest absolute Gasteiger partial charge is 0.444 e. The zero-order valence-electron chi connectivity index (χ0n) is 24.0. The van der Waals surface area contributed by atoms with E-state index < -0.39 is 35.1 Å². The van der Waals surface area contributed by atoms with Crippen LogP contribution in [0.4, 0.5) is 29.6 Å². The van der Waals surface area contributed by atoms with Crippen LogP contribution >= 0.6 is 23.3 Å². The van der Waals surface area contributed by atoms with Crippen molar-refractivity contribution in [3.8, 4) is 21.8 Å². The summed E-state index contributed by atoms with van der Waals surface area (Å²) in [7, 11) is 0. The number of thiazole rings is 1. The molecule has 0 aliphatic rings. The van der Waals surface area contributed by atoms with Gasteiger partial charge in [0.1, 0.15) is 17.2 Å². The lowest BCUT2D eigenvalue weighted by molar-refractivity contribution is -0.111. The topological polar surface area (TPSA) is 118 Å². The number of aromatic nitrogens is 3. The third kappa shape index (κ3) is 8.80. The van der Waals surface area contributed by atoms with Crippen LogP contribution in [0.25, 0.3) is 21.8 Å². The molecule has 0 spiro atoms. The summed E-state index contributed by atoms with van der Waals surface area (Å²) < 4.78 is 51.7. The summed E-state index contributed by atoms with van der Waals surface area (Å²) in [6.07, 6.45) is 2.98. The Morgan fingerprint density at radius 1 is 1.11 bits per heavy atom. The van der Waals surface area contributed by atoms with Gasteiger partial charge in [-0.2, -0.15) is 0 Å². The highest BCUT2D eigenvalue weighted by atomic mass is 32.2. The van der Waals surface area contributed by atoms with E-state index in [1.807, 2.05) is 0 Å². The SMILES string of the molecule is C=CC(=O)Nc1nccc(-c2sc(CCCNC(=O)OC(C)(C)C)nc2-c2cccc(NSc3cc(F)ccc3F)c2F)n1. The van der Waals surface area contributed by atoms with Gasteiger partial charge >= 0.3 is 6.09 Å². The lowest BCUT2D eigenvalue weighted by Gasteiger charge is -2.19. The number of hydrogen-bond acceptors (Lipinski definition) is 9. The van der Waals surface area contributed by atoms with Crippen LogP contribution in [0, 0.1) is 17.5 Å². The molecule has 0 bridgehead atoms. The third-order valence-corrected chi connectivity index (χ3v) is 7.63. The molecule has 2 amide bonds. The van der Waals surface area contributed by atoms with E-state index >= 15 is 4.39 Å². The van der Waals surface area contributed by atoms with Crippen molar-refractivity contribution in [1.82, 2.24) is 20.3 Å². The minimum absolute atomic E-state index is 0.0271. The van der Waals surface area contributed by atoms with E-state index in [4.69, 9.17) is 9.72 Å². The van der Waals surface area contributed by atoms with Gasteiger partial charge in [0.15, 0.2) is 5.82 Å². The van der Waals surface area contributed by atoms with Gasteiger partial charge < -0.3 is 14.8 Å². The van der Waals surface area contributed by atoms with Gasteiger partial charge in [-0.1, -0.05) is 12.6 Å². The molecule has 4 aromatic rings. The molecule has 0 unspecified atom stereocenters. The lowest BCUT2D eigenvalue weighted by Crippen LogP contribution is -2.33. The smallest absolute Gasteiger partial charge is 0.407 e. The van der Waals surface area contributed by atoms with Crippen molar-refractivity contribution in [2.24, 2.45) is 0 Å². The van der Waals surface area contributed by atoms with E-state index in [-0.39, 0.29) is 27.8 Å². The normalized spacial score (nSPS) is 11.1. The van der Waals surface area contributed by atoms with Gasteiger partial charge in [0.05, 0.1) is 31.9 Å². The van der Waals surface area contributed by atoms with Gasteiger partial charge in [0.25, 0.3) is 0 Å². The summed E-state index contributed by atoms with van der Waals surface area (Å²) in [5.74, 6) is -2.42. The van der Waals surface area contributed by atoms with Crippen LogP contribution in [0.2, 0.25) is 0 Å². The fraction of sp³-hybridized carbons (Fsp3) is 0.233. The number of anilines is 2. The van der Waals surface area contributed by atoms with Crippen LogP contribution in [-0.2, 0) is 16.0 Å². The second-order valence-electron chi connectivity index (χ2n) is 10.2. The van der Waals surface area contributed by atoms with E-state index in [9.17, 15) is 18.4 Å². The number of aryl methyl sites for hydroxylation is 1.